The van der Waals surface area contributed by atoms with Gasteiger partial charge >= 0.3 is 0 Å². The summed E-state index contributed by atoms with van der Waals surface area (Å²) in [6.07, 6.45) is 1.06. The monoisotopic (exact) mass is 250 g/mol. The summed E-state index contributed by atoms with van der Waals surface area (Å²) in [5.41, 5.74) is 6.63. The first-order chi connectivity index (χ1) is 8.52. The summed E-state index contributed by atoms with van der Waals surface area (Å²) in [7, 11) is 0. The van der Waals surface area contributed by atoms with Gasteiger partial charge in [-0.05, 0) is 26.3 Å². The predicted octanol–water partition coefficient (Wildman–Crippen LogP) is 2.22. The average Bonchev–Trinajstić information content (AvgIpc) is 2.32. The lowest BCUT2D eigenvalue weighted by molar-refractivity contribution is -0.139. The molecule has 0 radical (unpaired) electrons. The van der Waals surface area contributed by atoms with Gasteiger partial charge < -0.3 is 10.6 Å². The fourth-order valence-corrected chi connectivity index (χ4v) is 2.64. The first-order valence-electron chi connectivity index (χ1n) is 6.33. The van der Waals surface area contributed by atoms with Crippen molar-refractivity contribution in [3.63, 3.8) is 0 Å². The molecule has 1 aliphatic heterocycles. The van der Waals surface area contributed by atoms with Gasteiger partial charge in [0.05, 0.1) is 6.04 Å². The highest BCUT2D eigenvalue weighted by molar-refractivity contribution is 5.78. The Kier molecular flexibility index (Phi) is 3.66. The number of hydrogen-bond donors (Lipinski definition) is 1. The summed E-state index contributed by atoms with van der Waals surface area (Å²) in [5.74, 6) is -0.238. The van der Waals surface area contributed by atoms with Crippen LogP contribution in [0.4, 0.5) is 4.39 Å². The first-order valence-corrected chi connectivity index (χ1v) is 6.33. The molecular formula is C14H19FN2O. The molecule has 0 spiro atoms. The van der Waals surface area contributed by atoms with E-state index < -0.39 is 0 Å². The van der Waals surface area contributed by atoms with Crippen LogP contribution in [-0.2, 0) is 4.79 Å². The number of nitrogens with two attached hydrogens (primary N) is 1. The van der Waals surface area contributed by atoms with E-state index in [1.54, 1.807) is 23.1 Å². The molecule has 0 aromatic heterocycles. The number of carbonyl (C=O) groups is 1. The maximum Gasteiger partial charge on any atom is 0.223 e. The molecule has 98 valence electrons. The third kappa shape index (κ3) is 2.25. The van der Waals surface area contributed by atoms with Crippen LogP contribution in [0.1, 0.15) is 38.3 Å². The van der Waals surface area contributed by atoms with E-state index in [9.17, 15) is 9.18 Å². The van der Waals surface area contributed by atoms with Crippen LogP contribution in [0.2, 0.25) is 0 Å². The van der Waals surface area contributed by atoms with Crippen LogP contribution >= 0.6 is 0 Å². The normalized spacial score (nSPS) is 24.7. The number of rotatable bonds is 2. The van der Waals surface area contributed by atoms with Crippen molar-refractivity contribution in [2.45, 2.75) is 44.8 Å². The van der Waals surface area contributed by atoms with Gasteiger partial charge in [-0.25, -0.2) is 4.39 Å². The Morgan fingerprint density at radius 2 is 2.06 bits per heavy atom. The Morgan fingerprint density at radius 1 is 1.39 bits per heavy atom. The maximum atomic E-state index is 13.9. The molecular weight excluding hydrogens is 231 g/mol. The van der Waals surface area contributed by atoms with Crippen LogP contribution in [0.15, 0.2) is 24.3 Å². The second-order valence-corrected chi connectivity index (χ2v) is 5.06. The molecule has 1 heterocycles. The molecule has 2 atom stereocenters. The smallest absolute Gasteiger partial charge is 0.223 e. The minimum atomic E-state index is -0.354. The molecule has 2 unspecified atom stereocenters. The van der Waals surface area contributed by atoms with Crippen LogP contribution in [0, 0.1) is 5.82 Å². The van der Waals surface area contributed by atoms with E-state index in [0.29, 0.717) is 18.4 Å². The Bertz CT molecular complexity index is 447. The van der Waals surface area contributed by atoms with Crippen molar-refractivity contribution in [1.29, 1.82) is 0 Å². The second kappa shape index (κ2) is 5.06. The van der Waals surface area contributed by atoms with Crippen LogP contribution in [0.3, 0.4) is 0 Å². The molecule has 2 N–H and O–H groups in total. The molecule has 1 aromatic rings. The van der Waals surface area contributed by atoms with E-state index in [0.717, 1.165) is 0 Å². The lowest BCUT2D eigenvalue weighted by Crippen LogP contribution is -2.51. The molecule has 1 fully saturated rings. The van der Waals surface area contributed by atoms with Crippen molar-refractivity contribution in [2.24, 2.45) is 5.73 Å². The number of nitrogens with zero attached hydrogens (tertiary/aromatic N) is 1. The quantitative estimate of drug-likeness (QED) is 0.874. The molecule has 1 aromatic carbocycles. The van der Waals surface area contributed by atoms with Crippen LogP contribution in [0.25, 0.3) is 0 Å². The van der Waals surface area contributed by atoms with Crippen molar-refractivity contribution in [3.8, 4) is 0 Å². The zero-order chi connectivity index (χ0) is 13.3. The van der Waals surface area contributed by atoms with Gasteiger partial charge in [0, 0.05) is 24.1 Å². The SMILES string of the molecule is CC(C)N1C(=O)CCC(N)C1c1ccccc1F. The number of likely N-dealkylation sites (tertiary alicyclic amines) is 1. The van der Waals surface area contributed by atoms with E-state index in [1.807, 2.05) is 13.8 Å². The topological polar surface area (TPSA) is 46.3 Å². The second-order valence-electron chi connectivity index (χ2n) is 5.06. The minimum Gasteiger partial charge on any atom is -0.332 e. The molecule has 18 heavy (non-hydrogen) atoms. The Morgan fingerprint density at radius 3 is 2.67 bits per heavy atom. The van der Waals surface area contributed by atoms with Crippen LogP contribution in [-0.4, -0.2) is 22.9 Å². The molecule has 1 saturated heterocycles. The highest BCUT2D eigenvalue weighted by Gasteiger charge is 2.37. The van der Waals surface area contributed by atoms with E-state index in [1.165, 1.54) is 6.07 Å². The minimum absolute atomic E-state index is 0.0217. The van der Waals surface area contributed by atoms with E-state index in [4.69, 9.17) is 5.73 Å². The lowest BCUT2D eigenvalue weighted by Gasteiger charge is -2.42. The molecule has 0 aliphatic carbocycles. The number of carbonyl (C=O) groups excluding carboxylic acids is 1. The maximum absolute atomic E-state index is 13.9. The predicted molar refractivity (Wildman–Crippen MR) is 68.3 cm³/mol. The summed E-state index contributed by atoms with van der Waals surface area (Å²) in [5, 5.41) is 0. The number of hydrogen-bond acceptors (Lipinski definition) is 2. The molecule has 4 heteroatoms. The van der Waals surface area contributed by atoms with Gasteiger partial charge in [-0.15, -0.1) is 0 Å². The first kappa shape index (κ1) is 13.0. The molecule has 1 aliphatic rings. The Balaban J connectivity index is 2.43. The van der Waals surface area contributed by atoms with Crippen molar-refractivity contribution in [3.05, 3.63) is 35.6 Å². The van der Waals surface area contributed by atoms with Crippen LogP contribution < -0.4 is 5.73 Å². The van der Waals surface area contributed by atoms with Gasteiger partial charge in [0.1, 0.15) is 5.82 Å². The van der Waals surface area contributed by atoms with Crippen molar-refractivity contribution >= 4 is 5.91 Å². The summed E-state index contributed by atoms with van der Waals surface area (Å²) in [6, 6.07) is 6.02. The van der Waals surface area contributed by atoms with Crippen molar-refractivity contribution in [2.75, 3.05) is 0 Å². The lowest BCUT2D eigenvalue weighted by atomic mass is 9.89. The van der Waals surface area contributed by atoms with Gasteiger partial charge in [-0.3, -0.25) is 4.79 Å². The third-order valence-electron chi connectivity index (χ3n) is 3.46. The van der Waals surface area contributed by atoms with E-state index >= 15 is 0 Å². The highest BCUT2D eigenvalue weighted by Crippen LogP contribution is 2.33. The van der Waals surface area contributed by atoms with Gasteiger partial charge in [-0.2, -0.15) is 0 Å². The third-order valence-corrected chi connectivity index (χ3v) is 3.46. The Hall–Kier alpha value is -1.42. The van der Waals surface area contributed by atoms with Crippen molar-refractivity contribution in [1.82, 2.24) is 4.90 Å². The Labute approximate surface area is 107 Å². The molecule has 2 rings (SSSR count). The summed E-state index contributed by atoms with van der Waals surface area (Å²) in [6.45, 7) is 3.87. The van der Waals surface area contributed by atoms with Gasteiger partial charge in [0.2, 0.25) is 5.91 Å². The molecule has 3 nitrogen and oxygen atoms in total. The number of halogens is 1. The zero-order valence-corrected chi connectivity index (χ0v) is 10.8. The fourth-order valence-electron chi connectivity index (χ4n) is 2.64. The summed E-state index contributed by atoms with van der Waals surface area (Å²) in [4.78, 5) is 13.7. The zero-order valence-electron chi connectivity index (χ0n) is 10.8. The molecule has 1 amide bonds. The highest BCUT2D eigenvalue weighted by atomic mass is 19.1. The number of amides is 1. The van der Waals surface area contributed by atoms with Crippen LogP contribution in [0.5, 0.6) is 0 Å². The molecule has 0 saturated carbocycles. The summed E-state index contributed by atoms with van der Waals surface area (Å²) >= 11 is 0. The number of benzene rings is 1. The average molecular weight is 250 g/mol. The van der Waals surface area contributed by atoms with Gasteiger partial charge in [0.25, 0.3) is 0 Å². The van der Waals surface area contributed by atoms with Gasteiger partial charge in [-0.1, -0.05) is 18.2 Å². The molecule has 0 bridgehead atoms. The summed E-state index contributed by atoms with van der Waals surface area (Å²) < 4.78 is 13.9. The fraction of sp³-hybridized carbons (Fsp3) is 0.500. The standard InChI is InChI=1S/C14H19FN2O/c1-9(2)17-13(18)8-7-12(16)14(17)10-5-3-4-6-11(10)15/h3-6,9,12,14H,7-8,16H2,1-2H3. The van der Waals surface area contributed by atoms with E-state index in [-0.39, 0.29) is 29.8 Å². The van der Waals surface area contributed by atoms with Crippen molar-refractivity contribution < 1.29 is 9.18 Å². The van der Waals surface area contributed by atoms with Gasteiger partial charge in [0.15, 0.2) is 0 Å². The largest absolute Gasteiger partial charge is 0.332 e. The number of piperidine rings is 1. The van der Waals surface area contributed by atoms with E-state index in [2.05, 4.69) is 0 Å².